The van der Waals surface area contributed by atoms with E-state index in [4.69, 9.17) is 19.4 Å². The van der Waals surface area contributed by atoms with Crippen molar-refractivity contribution in [3.8, 4) is 79.2 Å². The van der Waals surface area contributed by atoms with E-state index in [2.05, 4.69) is 206 Å². The van der Waals surface area contributed by atoms with Crippen LogP contribution in [0.4, 0.5) is 0 Å². The van der Waals surface area contributed by atoms with Crippen LogP contribution in [0.15, 0.2) is 218 Å². The molecule has 0 unspecified atom stereocenters. The summed E-state index contributed by atoms with van der Waals surface area (Å²) in [6, 6.07) is 77.0. The Labute approximate surface area is 374 Å². The van der Waals surface area contributed by atoms with Crippen molar-refractivity contribution in [2.45, 2.75) is 5.41 Å². The number of benzene rings is 9. The van der Waals surface area contributed by atoms with Crippen molar-refractivity contribution in [1.82, 2.24) is 9.97 Å². The van der Waals surface area contributed by atoms with E-state index in [9.17, 15) is 0 Å². The summed E-state index contributed by atoms with van der Waals surface area (Å²) >= 11 is 1.80. The number of fused-ring (bicyclic) bond motifs is 9. The van der Waals surface area contributed by atoms with Crippen LogP contribution in [0.3, 0.4) is 0 Å². The van der Waals surface area contributed by atoms with Crippen molar-refractivity contribution in [2.75, 3.05) is 0 Å². The summed E-state index contributed by atoms with van der Waals surface area (Å²) < 4.78 is 16.2. The number of nitrogens with zero attached hydrogens (tertiary/aromatic N) is 2. The fourth-order valence-electron chi connectivity index (χ4n) is 9.92. The Balaban J connectivity index is 0.849. The lowest BCUT2D eigenvalue weighted by molar-refractivity contribution is 0.360. The molecule has 5 heteroatoms. The van der Waals surface area contributed by atoms with E-state index in [1.54, 1.807) is 11.3 Å². The van der Waals surface area contributed by atoms with E-state index >= 15 is 0 Å². The molecular formula is C59H36N2O2S. The summed E-state index contributed by atoms with van der Waals surface area (Å²) in [6.45, 7) is 0. The number of hydrogen-bond acceptors (Lipinski definition) is 5. The molecule has 2 aromatic heterocycles. The van der Waals surface area contributed by atoms with Crippen LogP contribution >= 0.6 is 11.3 Å². The molecule has 0 saturated heterocycles. The van der Waals surface area contributed by atoms with Gasteiger partial charge in [-0.05, 0) is 75.3 Å². The predicted octanol–water partition coefficient (Wildman–Crippen LogP) is 15.8. The monoisotopic (exact) mass is 836 g/mol. The molecule has 64 heavy (non-hydrogen) atoms. The predicted molar refractivity (Wildman–Crippen MR) is 261 cm³/mol. The summed E-state index contributed by atoms with van der Waals surface area (Å²) in [7, 11) is 0. The maximum Gasteiger partial charge on any atom is 0.178 e. The van der Waals surface area contributed by atoms with E-state index in [-0.39, 0.29) is 0 Å². The maximum absolute atomic E-state index is 6.91. The van der Waals surface area contributed by atoms with Crippen LogP contribution in [-0.4, -0.2) is 9.97 Å². The molecule has 0 spiro atoms. The molecule has 1 aliphatic heterocycles. The van der Waals surface area contributed by atoms with Crippen LogP contribution in [0.5, 0.6) is 23.0 Å². The largest absolute Gasteiger partial charge is 0.449 e. The molecule has 0 fully saturated rings. The highest BCUT2D eigenvalue weighted by Crippen LogP contribution is 2.62. The van der Waals surface area contributed by atoms with Crippen LogP contribution in [0.1, 0.15) is 22.3 Å². The molecule has 9 aromatic carbocycles. The standard InChI is InChI=1S/C59H36N2O2S/c1-4-14-38(15-5-1)49-36-50(61-58(60-49)41-28-30-45-44-20-11-13-23-54(44)64-55(45)35-41)39-26-24-37(25-27-39)40-29-32-51-53(34-40)62-52-33-31-48-56(57(52)63-51)46-21-10-12-22-47(46)59(48,42-16-6-2-7-17-42)43-18-8-3-9-19-43/h1-36H. The van der Waals surface area contributed by atoms with Crippen molar-refractivity contribution in [1.29, 1.82) is 0 Å². The molecule has 4 nitrogen and oxygen atoms in total. The fourth-order valence-corrected chi connectivity index (χ4v) is 11.1. The first-order valence-electron chi connectivity index (χ1n) is 21.5. The van der Waals surface area contributed by atoms with E-state index in [1.165, 1.54) is 42.4 Å². The Bertz CT molecular complexity index is 3560. The van der Waals surface area contributed by atoms with E-state index in [0.717, 1.165) is 56.1 Å². The molecule has 11 aromatic rings. The summed E-state index contributed by atoms with van der Waals surface area (Å²) in [5.41, 5.74) is 13.4. The molecule has 0 radical (unpaired) electrons. The van der Waals surface area contributed by atoms with Gasteiger partial charge in [0.25, 0.3) is 0 Å². The van der Waals surface area contributed by atoms with Crippen LogP contribution in [0.2, 0.25) is 0 Å². The van der Waals surface area contributed by atoms with E-state index in [0.29, 0.717) is 23.1 Å². The Kier molecular flexibility index (Phi) is 8.27. The van der Waals surface area contributed by atoms with E-state index < -0.39 is 5.41 Å². The lowest BCUT2D eigenvalue weighted by Crippen LogP contribution is -2.28. The number of thiophene rings is 1. The highest BCUT2D eigenvalue weighted by molar-refractivity contribution is 7.25. The first-order valence-corrected chi connectivity index (χ1v) is 22.4. The minimum absolute atomic E-state index is 0.520. The number of hydrogen-bond donors (Lipinski definition) is 0. The minimum Gasteiger partial charge on any atom is -0.449 e. The number of rotatable bonds is 6. The third-order valence-corrected chi connectivity index (χ3v) is 14.0. The summed E-state index contributed by atoms with van der Waals surface area (Å²) in [5.74, 6) is 3.51. The smallest absolute Gasteiger partial charge is 0.178 e. The molecule has 0 amide bonds. The second kappa shape index (κ2) is 14.5. The molecular weight excluding hydrogens is 801 g/mol. The Morgan fingerprint density at radius 3 is 1.73 bits per heavy atom. The second-order valence-corrected chi connectivity index (χ2v) is 17.5. The van der Waals surface area contributed by atoms with Crippen molar-refractivity contribution in [2.24, 2.45) is 0 Å². The van der Waals surface area contributed by atoms with Crippen LogP contribution in [0, 0.1) is 0 Å². The molecule has 0 bridgehead atoms. The molecule has 2 aliphatic rings. The van der Waals surface area contributed by atoms with E-state index in [1.807, 2.05) is 12.1 Å². The molecule has 0 saturated carbocycles. The summed E-state index contributed by atoms with van der Waals surface area (Å²) in [5, 5.41) is 2.53. The Morgan fingerprint density at radius 1 is 0.375 bits per heavy atom. The minimum atomic E-state index is -0.520. The van der Waals surface area contributed by atoms with Crippen molar-refractivity contribution in [3.05, 3.63) is 241 Å². The summed E-state index contributed by atoms with van der Waals surface area (Å²) in [6.07, 6.45) is 0. The van der Waals surface area contributed by atoms with Crippen LogP contribution in [-0.2, 0) is 5.41 Å². The topological polar surface area (TPSA) is 44.2 Å². The molecule has 3 heterocycles. The van der Waals surface area contributed by atoms with Gasteiger partial charge in [-0.25, -0.2) is 9.97 Å². The lowest BCUT2D eigenvalue weighted by Gasteiger charge is -2.34. The van der Waals surface area contributed by atoms with Crippen molar-refractivity contribution >= 4 is 31.5 Å². The maximum atomic E-state index is 6.91. The van der Waals surface area contributed by atoms with Gasteiger partial charge in [0.1, 0.15) is 0 Å². The molecule has 300 valence electrons. The number of aromatic nitrogens is 2. The zero-order chi connectivity index (χ0) is 42.2. The Hall–Kier alpha value is -8.12. The van der Waals surface area contributed by atoms with Gasteiger partial charge >= 0.3 is 0 Å². The lowest BCUT2D eigenvalue weighted by atomic mass is 9.68. The zero-order valence-corrected chi connectivity index (χ0v) is 35.2. The molecule has 13 rings (SSSR count). The first kappa shape index (κ1) is 36.5. The normalized spacial score (nSPS) is 13.1. The molecule has 0 atom stereocenters. The van der Waals surface area contributed by atoms with Gasteiger partial charge < -0.3 is 9.47 Å². The van der Waals surface area contributed by atoms with Crippen LogP contribution < -0.4 is 9.47 Å². The van der Waals surface area contributed by atoms with Gasteiger partial charge in [0.15, 0.2) is 28.8 Å². The number of ether oxygens (including phenoxy) is 2. The van der Waals surface area contributed by atoms with Gasteiger partial charge in [-0.1, -0.05) is 182 Å². The third-order valence-electron chi connectivity index (χ3n) is 12.9. The van der Waals surface area contributed by atoms with Gasteiger partial charge in [0.2, 0.25) is 0 Å². The highest BCUT2D eigenvalue weighted by Gasteiger charge is 2.48. The quantitative estimate of drug-likeness (QED) is 0.167. The van der Waals surface area contributed by atoms with Crippen molar-refractivity contribution in [3.63, 3.8) is 0 Å². The average molecular weight is 837 g/mol. The fraction of sp³-hybridized carbons (Fsp3) is 0.0169. The molecule has 0 N–H and O–H groups in total. The van der Waals surface area contributed by atoms with Gasteiger partial charge in [-0.3, -0.25) is 0 Å². The second-order valence-electron chi connectivity index (χ2n) is 16.4. The zero-order valence-electron chi connectivity index (χ0n) is 34.4. The van der Waals surface area contributed by atoms with Gasteiger partial charge in [-0.15, -0.1) is 11.3 Å². The van der Waals surface area contributed by atoms with Crippen molar-refractivity contribution < 1.29 is 9.47 Å². The first-order chi connectivity index (χ1) is 31.7. The van der Waals surface area contributed by atoms with Gasteiger partial charge in [-0.2, -0.15) is 0 Å². The SMILES string of the molecule is c1ccc(-c2cc(-c3ccc(-c4ccc5c(c4)Oc4ccc6c(c4O5)-c4ccccc4C6(c4ccccc4)c4ccccc4)cc3)nc(-c3ccc4c(c3)sc3ccccc34)n2)cc1. The van der Waals surface area contributed by atoms with Gasteiger partial charge in [0.05, 0.1) is 16.8 Å². The van der Waals surface area contributed by atoms with Crippen LogP contribution in [0.25, 0.3) is 76.3 Å². The molecule has 1 aliphatic carbocycles. The van der Waals surface area contributed by atoms with Gasteiger partial charge in [0, 0.05) is 42.4 Å². The Morgan fingerprint density at radius 2 is 0.969 bits per heavy atom. The summed E-state index contributed by atoms with van der Waals surface area (Å²) in [4.78, 5) is 10.3. The highest BCUT2D eigenvalue weighted by atomic mass is 32.1. The third kappa shape index (κ3) is 5.68. The average Bonchev–Trinajstić information content (AvgIpc) is 3.90.